The zero-order chi connectivity index (χ0) is 17.8. The lowest BCUT2D eigenvalue weighted by molar-refractivity contribution is -0.0234. The van der Waals surface area contributed by atoms with Crippen molar-refractivity contribution in [3.8, 4) is 0 Å². The van der Waals surface area contributed by atoms with Gasteiger partial charge in [-0.1, -0.05) is 24.8 Å². The van der Waals surface area contributed by atoms with Crippen molar-refractivity contribution in [3.63, 3.8) is 0 Å². The van der Waals surface area contributed by atoms with Gasteiger partial charge in [-0.15, -0.1) is 0 Å². The Morgan fingerprint density at radius 3 is 2.62 bits per heavy atom. The summed E-state index contributed by atoms with van der Waals surface area (Å²) in [6, 6.07) is 1.15. The number of hydrogen-bond donors (Lipinski definition) is 1. The standard InChI is InChI=1S/C16H24N2O5S/c1-12(2)23-11-21-8-6-4-5-7-9-22-15(20)13-10-14(19)18-16(17-13)24-3/h10H,1,4-9,11H2,2-3H3,(H,17,18,19). The van der Waals surface area contributed by atoms with Gasteiger partial charge >= 0.3 is 5.97 Å². The van der Waals surface area contributed by atoms with Crippen LogP contribution in [0.25, 0.3) is 0 Å². The van der Waals surface area contributed by atoms with Gasteiger partial charge in [0.2, 0.25) is 0 Å². The summed E-state index contributed by atoms with van der Waals surface area (Å²) >= 11 is 1.26. The average Bonchev–Trinajstić information content (AvgIpc) is 2.55. The van der Waals surface area contributed by atoms with Crippen LogP contribution in [0.5, 0.6) is 0 Å². The van der Waals surface area contributed by atoms with E-state index in [9.17, 15) is 9.59 Å². The smallest absolute Gasteiger partial charge is 0.357 e. The molecule has 24 heavy (non-hydrogen) atoms. The van der Waals surface area contributed by atoms with Crippen LogP contribution in [0.2, 0.25) is 0 Å². The van der Waals surface area contributed by atoms with Crippen molar-refractivity contribution in [1.29, 1.82) is 0 Å². The summed E-state index contributed by atoms with van der Waals surface area (Å²) in [4.78, 5) is 29.8. The van der Waals surface area contributed by atoms with E-state index in [2.05, 4.69) is 16.5 Å². The van der Waals surface area contributed by atoms with Crippen molar-refractivity contribution in [2.45, 2.75) is 37.8 Å². The molecule has 134 valence electrons. The quantitative estimate of drug-likeness (QED) is 0.154. The Bertz CT molecular complexity index is 588. The van der Waals surface area contributed by atoms with Crippen LogP contribution in [0.4, 0.5) is 0 Å². The van der Waals surface area contributed by atoms with E-state index in [4.69, 9.17) is 14.2 Å². The van der Waals surface area contributed by atoms with Crippen LogP contribution in [-0.2, 0) is 14.2 Å². The molecule has 1 rings (SSSR count). The fourth-order valence-electron chi connectivity index (χ4n) is 1.74. The van der Waals surface area contributed by atoms with Crippen molar-refractivity contribution >= 4 is 17.7 Å². The third kappa shape index (κ3) is 8.73. The number of nitrogens with zero attached hydrogens (tertiary/aromatic N) is 1. The molecule has 8 heteroatoms. The number of allylic oxidation sites excluding steroid dienone is 1. The second kappa shape index (κ2) is 11.7. The highest BCUT2D eigenvalue weighted by Crippen LogP contribution is 2.07. The second-order valence-corrected chi connectivity index (χ2v) is 5.86. The highest BCUT2D eigenvalue weighted by atomic mass is 32.2. The van der Waals surface area contributed by atoms with Gasteiger partial charge in [-0.3, -0.25) is 4.79 Å². The Labute approximate surface area is 145 Å². The Morgan fingerprint density at radius 2 is 1.96 bits per heavy atom. The third-order valence-electron chi connectivity index (χ3n) is 2.93. The molecule has 1 aromatic heterocycles. The molecule has 0 saturated heterocycles. The number of aromatic nitrogens is 2. The zero-order valence-corrected chi connectivity index (χ0v) is 14.9. The molecular weight excluding hydrogens is 332 g/mol. The molecule has 0 fully saturated rings. The van der Waals surface area contributed by atoms with Crippen molar-refractivity contribution in [1.82, 2.24) is 9.97 Å². The van der Waals surface area contributed by atoms with Crippen molar-refractivity contribution < 1.29 is 19.0 Å². The van der Waals surface area contributed by atoms with Crippen LogP contribution < -0.4 is 5.56 Å². The largest absolute Gasteiger partial charge is 0.473 e. The molecule has 1 heterocycles. The van der Waals surface area contributed by atoms with Crippen LogP contribution in [0, 0.1) is 0 Å². The van der Waals surface area contributed by atoms with E-state index < -0.39 is 5.97 Å². The maximum atomic E-state index is 11.8. The lowest BCUT2D eigenvalue weighted by atomic mass is 10.2. The van der Waals surface area contributed by atoms with E-state index in [1.807, 2.05) is 0 Å². The Kier molecular flexibility index (Phi) is 9.86. The summed E-state index contributed by atoms with van der Waals surface area (Å²) in [5, 5.41) is 0.394. The van der Waals surface area contributed by atoms with Crippen molar-refractivity contribution in [3.05, 3.63) is 34.5 Å². The molecule has 0 radical (unpaired) electrons. The number of thioether (sulfide) groups is 1. The van der Waals surface area contributed by atoms with E-state index in [1.165, 1.54) is 11.8 Å². The molecule has 0 aliphatic carbocycles. The summed E-state index contributed by atoms with van der Waals surface area (Å²) < 4.78 is 15.5. The van der Waals surface area contributed by atoms with Crippen molar-refractivity contribution in [2.75, 3.05) is 26.3 Å². The lowest BCUT2D eigenvalue weighted by Crippen LogP contribution is -2.16. The number of hydrogen-bond acceptors (Lipinski definition) is 7. The Morgan fingerprint density at radius 1 is 1.25 bits per heavy atom. The lowest BCUT2D eigenvalue weighted by Gasteiger charge is -2.07. The summed E-state index contributed by atoms with van der Waals surface area (Å²) in [5.41, 5.74) is -0.328. The maximum absolute atomic E-state index is 11.8. The van der Waals surface area contributed by atoms with E-state index in [0.717, 1.165) is 31.7 Å². The first kappa shape index (κ1) is 20.2. The molecule has 0 amide bonds. The number of esters is 1. The van der Waals surface area contributed by atoms with Gasteiger partial charge in [0, 0.05) is 6.07 Å². The molecule has 0 saturated carbocycles. The predicted molar refractivity (Wildman–Crippen MR) is 92.1 cm³/mol. The van der Waals surface area contributed by atoms with Crippen LogP contribution in [0.1, 0.15) is 43.1 Å². The number of carbonyl (C=O) groups excluding carboxylic acids is 1. The molecule has 1 N–H and O–H groups in total. The monoisotopic (exact) mass is 356 g/mol. The fourth-order valence-corrected chi connectivity index (χ4v) is 2.13. The molecule has 0 unspecified atom stereocenters. The van der Waals surface area contributed by atoms with E-state index in [0.29, 0.717) is 24.1 Å². The SMILES string of the molecule is C=C(C)OCOCCCCCCOC(=O)c1cc(=O)[nH]c(SC)n1. The van der Waals surface area contributed by atoms with Gasteiger partial charge < -0.3 is 19.2 Å². The number of ether oxygens (including phenoxy) is 3. The van der Waals surface area contributed by atoms with E-state index >= 15 is 0 Å². The maximum Gasteiger partial charge on any atom is 0.357 e. The second-order valence-electron chi connectivity index (χ2n) is 5.06. The van der Waals surface area contributed by atoms with Crippen LogP contribution >= 0.6 is 11.8 Å². The van der Waals surface area contributed by atoms with E-state index in [1.54, 1.807) is 13.2 Å². The highest BCUT2D eigenvalue weighted by Gasteiger charge is 2.11. The Balaban J connectivity index is 2.11. The van der Waals surface area contributed by atoms with Gasteiger partial charge in [-0.25, -0.2) is 9.78 Å². The number of rotatable bonds is 12. The number of nitrogens with one attached hydrogen (secondary N) is 1. The van der Waals surface area contributed by atoms with Gasteiger partial charge in [-0.05, 0) is 32.4 Å². The molecule has 1 aromatic rings. The average molecular weight is 356 g/mol. The topological polar surface area (TPSA) is 90.5 Å². The highest BCUT2D eigenvalue weighted by molar-refractivity contribution is 7.98. The van der Waals surface area contributed by atoms with Crippen LogP contribution in [-0.4, -0.2) is 42.2 Å². The van der Waals surface area contributed by atoms with Gasteiger partial charge in [0.25, 0.3) is 5.56 Å². The number of H-pyrrole nitrogens is 1. The van der Waals surface area contributed by atoms with Gasteiger partial charge in [0.15, 0.2) is 17.6 Å². The first-order chi connectivity index (χ1) is 11.5. The van der Waals surface area contributed by atoms with Crippen molar-refractivity contribution in [2.24, 2.45) is 0 Å². The molecule has 7 nitrogen and oxygen atoms in total. The zero-order valence-electron chi connectivity index (χ0n) is 14.1. The molecule has 0 aliphatic rings. The van der Waals surface area contributed by atoms with Crippen LogP contribution in [0.15, 0.2) is 28.4 Å². The first-order valence-electron chi connectivity index (χ1n) is 7.71. The molecule has 0 atom stereocenters. The normalized spacial score (nSPS) is 10.4. The minimum atomic E-state index is -0.573. The van der Waals surface area contributed by atoms with Gasteiger partial charge in [-0.2, -0.15) is 0 Å². The predicted octanol–water partition coefficient (Wildman–Crippen LogP) is 2.73. The molecule has 0 spiro atoms. The summed E-state index contributed by atoms with van der Waals surface area (Å²) in [6.07, 6.45) is 5.34. The first-order valence-corrected chi connectivity index (χ1v) is 8.94. The summed E-state index contributed by atoms with van der Waals surface area (Å²) in [7, 11) is 0. The summed E-state index contributed by atoms with van der Waals surface area (Å²) in [6.45, 7) is 6.54. The minimum Gasteiger partial charge on any atom is -0.473 e. The van der Waals surface area contributed by atoms with Gasteiger partial charge in [0.1, 0.15) is 0 Å². The van der Waals surface area contributed by atoms with Crippen LogP contribution in [0.3, 0.4) is 0 Å². The third-order valence-corrected chi connectivity index (χ3v) is 3.51. The fraction of sp³-hybridized carbons (Fsp3) is 0.562. The number of unbranched alkanes of at least 4 members (excludes halogenated alkanes) is 3. The molecule has 0 aromatic carbocycles. The van der Waals surface area contributed by atoms with Gasteiger partial charge in [0.05, 0.1) is 19.0 Å². The molecular formula is C16H24N2O5S. The summed E-state index contributed by atoms with van der Waals surface area (Å²) in [5.74, 6) is 0.0630. The number of carbonyl (C=O) groups is 1. The minimum absolute atomic E-state index is 0.0361. The molecule has 0 bridgehead atoms. The Hall–Kier alpha value is -1.80. The number of aromatic amines is 1. The van der Waals surface area contributed by atoms with E-state index in [-0.39, 0.29) is 18.0 Å². The molecule has 0 aliphatic heterocycles.